The fourth-order valence-corrected chi connectivity index (χ4v) is 4.01. The molecule has 1 aliphatic heterocycles. The molecule has 1 fully saturated rings. The molecule has 1 aromatic carbocycles. The molecule has 8 heteroatoms. The Bertz CT molecular complexity index is 880. The predicted octanol–water partition coefficient (Wildman–Crippen LogP) is 2.63. The van der Waals surface area contributed by atoms with Crippen LogP contribution in [0.15, 0.2) is 36.4 Å². The minimum absolute atomic E-state index is 0.0654. The van der Waals surface area contributed by atoms with Crippen molar-refractivity contribution in [2.75, 3.05) is 30.4 Å². The lowest BCUT2D eigenvalue weighted by Gasteiger charge is -2.17. The summed E-state index contributed by atoms with van der Waals surface area (Å²) in [4.78, 5) is 40.1. The number of amides is 3. The zero-order valence-electron chi connectivity index (χ0n) is 15.9. The van der Waals surface area contributed by atoms with E-state index in [1.165, 1.54) is 0 Å². The quantitative estimate of drug-likeness (QED) is 0.729. The Morgan fingerprint density at radius 2 is 2.07 bits per heavy atom. The fourth-order valence-electron chi connectivity index (χ4n) is 3.05. The molecule has 7 nitrogen and oxygen atoms in total. The van der Waals surface area contributed by atoms with Crippen LogP contribution in [0, 0.1) is 6.92 Å². The maximum atomic E-state index is 12.2. The summed E-state index contributed by atoms with van der Waals surface area (Å²) in [7, 11) is 1.57. The van der Waals surface area contributed by atoms with Crippen LogP contribution in [0.5, 0.6) is 0 Å². The number of methoxy groups -OCH3 is 1. The standard InChI is InChI=1S/C20H23N3O4S/c1-13-8-9-17(28-13)16(27-2)12-21-19(25)20(26)22-14-5-3-6-15(11-14)23-10-4-7-18(23)24/h3,5-6,8-9,11,16H,4,7,10,12H2,1-2H3,(H,21,25)(H,22,26)/t16-/m0/s1. The van der Waals surface area contributed by atoms with E-state index in [2.05, 4.69) is 10.6 Å². The number of rotatable bonds is 6. The highest BCUT2D eigenvalue weighted by molar-refractivity contribution is 7.12. The van der Waals surface area contributed by atoms with E-state index in [0.717, 1.165) is 16.2 Å². The van der Waals surface area contributed by atoms with Gasteiger partial charge in [-0.25, -0.2) is 0 Å². The van der Waals surface area contributed by atoms with Gasteiger partial charge in [-0.3, -0.25) is 14.4 Å². The molecule has 0 radical (unpaired) electrons. The van der Waals surface area contributed by atoms with Crippen LogP contribution in [0.4, 0.5) is 11.4 Å². The fraction of sp³-hybridized carbons (Fsp3) is 0.350. The van der Waals surface area contributed by atoms with Gasteiger partial charge in [0.05, 0.1) is 0 Å². The molecule has 1 atom stereocenters. The van der Waals surface area contributed by atoms with Gasteiger partial charge >= 0.3 is 11.8 Å². The van der Waals surface area contributed by atoms with E-state index in [-0.39, 0.29) is 18.6 Å². The van der Waals surface area contributed by atoms with Crippen molar-refractivity contribution in [3.63, 3.8) is 0 Å². The van der Waals surface area contributed by atoms with E-state index in [9.17, 15) is 14.4 Å². The second-order valence-corrected chi connectivity index (χ2v) is 7.86. The molecule has 1 aromatic heterocycles. The van der Waals surface area contributed by atoms with Crippen LogP contribution in [-0.4, -0.2) is 37.9 Å². The number of nitrogens with zero attached hydrogens (tertiary/aromatic N) is 1. The Morgan fingerprint density at radius 1 is 1.25 bits per heavy atom. The third-order valence-corrected chi connectivity index (χ3v) is 5.60. The third-order valence-electron chi connectivity index (χ3n) is 4.51. The van der Waals surface area contributed by atoms with Crippen molar-refractivity contribution < 1.29 is 19.1 Å². The molecule has 28 heavy (non-hydrogen) atoms. The van der Waals surface area contributed by atoms with Crippen LogP contribution in [0.1, 0.15) is 28.7 Å². The molecule has 0 unspecified atom stereocenters. The first kappa shape index (κ1) is 20.0. The summed E-state index contributed by atoms with van der Waals surface area (Å²) in [6.45, 7) is 2.86. The van der Waals surface area contributed by atoms with Crippen LogP contribution in [0.25, 0.3) is 0 Å². The number of benzene rings is 1. The Kier molecular flexibility index (Phi) is 6.43. The Balaban J connectivity index is 1.57. The van der Waals surface area contributed by atoms with Gasteiger partial charge in [0, 0.05) is 47.7 Å². The summed E-state index contributed by atoms with van der Waals surface area (Å²) in [6.07, 6.45) is 1.05. The van der Waals surface area contributed by atoms with Gasteiger partial charge in [0.25, 0.3) is 0 Å². The first-order chi connectivity index (χ1) is 13.5. The lowest BCUT2D eigenvalue weighted by molar-refractivity contribution is -0.136. The summed E-state index contributed by atoms with van der Waals surface area (Å²) >= 11 is 1.59. The monoisotopic (exact) mass is 401 g/mol. The molecule has 2 aromatic rings. The third kappa shape index (κ3) is 4.76. The van der Waals surface area contributed by atoms with Gasteiger partial charge < -0.3 is 20.3 Å². The lowest BCUT2D eigenvalue weighted by Crippen LogP contribution is -2.37. The maximum Gasteiger partial charge on any atom is 0.313 e. The van der Waals surface area contributed by atoms with E-state index >= 15 is 0 Å². The van der Waals surface area contributed by atoms with Crippen molar-refractivity contribution in [2.24, 2.45) is 0 Å². The molecule has 148 valence electrons. The van der Waals surface area contributed by atoms with Crippen molar-refractivity contribution in [1.29, 1.82) is 0 Å². The number of hydrogen-bond acceptors (Lipinski definition) is 5. The smallest absolute Gasteiger partial charge is 0.313 e. The highest BCUT2D eigenvalue weighted by Gasteiger charge is 2.22. The second-order valence-electron chi connectivity index (χ2n) is 6.54. The minimum Gasteiger partial charge on any atom is -0.374 e. The second kappa shape index (κ2) is 8.99. The molecule has 0 saturated carbocycles. The SMILES string of the molecule is CO[C@@H](CNC(=O)C(=O)Nc1cccc(N2CCCC2=O)c1)c1ccc(C)s1. The van der Waals surface area contributed by atoms with Crippen molar-refractivity contribution >= 4 is 40.4 Å². The van der Waals surface area contributed by atoms with E-state index in [0.29, 0.717) is 24.3 Å². The number of carbonyl (C=O) groups is 3. The lowest BCUT2D eigenvalue weighted by atomic mass is 10.2. The number of thiophene rings is 1. The first-order valence-corrected chi connectivity index (χ1v) is 9.88. The van der Waals surface area contributed by atoms with E-state index in [4.69, 9.17) is 4.74 Å². The van der Waals surface area contributed by atoms with Gasteiger partial charge in [-0.15, -0.1) is 11.3 Å². The van der Waals surface area contributed by atoms with Gasteiger partial charge in [0.2, 0.25) is 5.91 Å². The van der Waals surface area contributed by atoms with Gasteiger partial charge in [0.15, 0.2) is 0 Å². The summed E-state index contributed by atoms with van der Waals surface area (Å²) in [6, 6.07) is 10.9. The molecule has 1 aliphatic rings. The molecular weight excluding hydrogens is 378 g/mol. The van der Waals surface area contributed by atoms with Gasteiger partial charge in [-0.1, -0.05) is 6.07 Å². The van der Waals surface area contributed by atoms with E-state index in [1.807, 2.05) is 25.1 Å². The molecular formula is C20H23N3O4S. The van der Waals surface area contributed by atoms with Gasteiger partial charge in [-0.2, -0.15) is 0 Å². The summed E-state index contributed by atoms with van der Waals surface area (Å²) in [5.74, 6) is -1.43. The number of anilines is 2. The zero-order chi connectivity index (χ0) is 20.1. The average Bonchev–Trinajstić information content (AvgIpc) is 3.30. The summed E-state index contributed by atoms with van der Waals surface area (Å²) in [5, 5.41) is 5.18. The van der Waals surface area contributed by atoms with E-state index in [1.54, 1.807) is 41.5 Å². The maximum absolute atomic E-state index is 12.2. The average molecular weight is 401 g/mol. The minimum atomic E-state index is -0.762. The van der Waals surface area contributed by atoms with Crippen molar-refractivity contribution in [3.8, 4) is 0 Å². The highest BCUT2D eigenvalue weighted by Crippen LogP contribution is 2.25. The topological polar surface area (TPSA) is 87.7 Å². The molecule has 0 spiro atoms. The van der Waals surface area contributed by atoms with Crippen molar-refractivity contribution in [2.45, 2.75) is 25.9 Å². The Morgan fingerprint density at radius 3 is 2.71 bits per heavy atom. The highest BCUT2D eigenvalue weighted by atomic mass is 32.1. The molecule has 2 heterocycles. The largest absolute Gasteiger partial charge is 0.374 e. The number of hydrogen-bond donors (Lipinski definition) is 2. The normalized spacial score (nSPS) is 14.8. The molecule has 0 aliphatic carbocycles. The van der Waals surface area contributed by atoms with Crippen LogP contribution in [-0.2, 0) is 19.1 Å². The van der Waals surface area contributed by atoms with E-state index < -0.39 is 11.8 Å². The van der Waals surface area contributed by atoms with Crippen molar-refractivity contribution in [1.82, 2.24) is 5.32 Å². The van der Waals surface area contributed by atoms with Crippen LogP contribution < -0.4 is 15.5 Å². The van der Waals surface area contributed by atoms with Crippen LogP contribution >= 0.6 is 11.3 Å². The number of nitrogens with one attached hydrogen (secondary N) is 2. The molecule has 2 N–H and O–H groups in total. The first-order valence-electron chi connectivity index (χ1n) is 9.06. The number of aryl methyl sites for hydroxylation is 1. The van der Waals surface area contributed by atoms with Gasteiger partial charge in [-0.05, 0) is 43.7 Å². The number of carbonyl (C=O) groups excluding carboxylic acids is 3. The van der Waals surface area contributed by atoms with Crippen LogP contribution in [0.3, 0.4) is 0 Å². The summed E-state index contributed by atoms with van der Waals surface area (Å²) in [5.41, 5.74) is 1.18. The molecule has 0 bridgehead atoms. The van der Waals surface area contributed by atoms with Crippen LogP contribution in [0.2, 0.25) is 0 Å². The Hall–Kier alpha value is -2.71. The molecule has 3 amide bonds. The van der Waals surface area contributed by atoms with Gasteiger partial charge in [0.1, 0.15) is 6.10 Å². The zero-order valence-corrected chi connectivity index (χ0v) is 16.7. The molecule has 1 saturated heterocycles. The van der Waals surface area contributed by atoms with Crippen molar-refractivity contribution in [3.05, 3.63) is 46.2 Å². The summed E-state index contributed by atoms with van der Waals surface area (Å²) < 4.78 is 5.41. The molecule has 3 rings (SSSR count). The Labute approximate surface area is 167 Å². The number of ether oxygens (including phenoxy) is 1. The predicted molar refractivity (Wildman–Crippen MR) is 108 cm³/mol.